The van der Waals surface area contributed by atoms with Crippen molar-refractivity contribution in [2.24, 2.45) is 11.8 Å². The number of carbonyl (C=O) groups excluding carboxylic acids is 1. The van der Waals surface area contributed by atoms with E-state index in [4.69, 9.17) is 0 Å². The molecular weight excluding hydrogens is 260 g/mol. The number of nitrogens with zero attached hydrogens (tertiary/aromatic N) is 3. The van der Waals surface area contributed by atoms with Crippen LogP contribution in [0.5, 0.6) is 0 Å². The predicted octanol–water partition coefficient (Wildman–Crippen LogP) is 2.36. The maximum atomic E-state index is 12.0. The molecule has 0 saturated carbocycles. The highest BCUT2D eigenvalue weighted by atomic mass is 32.1. The van der Waals surface area contributed by atoms with Crippen molar-refractivity contribution in [3.05, 3.63) is 5.69 Å². The Labute approximate surface area is 118 Å². The smallest absolute Gasteiger partial charge is 0.223 e. The van der Waals surface area contributed by atoms with Gasteiger partial charge in [0.15, 0.2) is 0 Å². The molecule has 0 aliphatic carbocycles. The van der Waals surface area contributed by atoms with E-state index in [1.807, 2.05) is 4.90 Å². The van der Waals surface area contributed by atoms with Crippen LogP contribution in [0, 0.1) is 11.8 Å². The minimum atomic E-state index is 0.244. The van der Waals surface area contributed by atoms with Crippen LogP contribution in [0.1, 0.15) is 39.3 Å². The Morgan fingerprint density at radius 3 is 2.95 bits per heavy atom. The van der Waals surface area contributed by atoms with Gasteiger partial charge in [-0.25, -0.2) is 0 Å². The van der Waals surface area contributed by atoms with Crippen molar-refractivity contribution in [3.8, 4) is 0 Å². The van der Waals surface area contributed by atoms with Gasteiger partial charge >= 0.3 is 0 Å². The van der Waals surface area contributed by atoms with Gasteiger partial charge in [0.05, 0.1) is 6.54 Å². The summed E-state index contributed by atoms with van der Waals surface area (Å²) in [6.45, 7) is 8.84. The minimum Gasteiger partial charge on any atom is -0.374 e. The van der Waals surface area contributed by atoms with Gasteiger partial charge in [0.25, 0.3) is 0 Å². The lowest BCUT2D eigenvalue weighted by Crippen LogP contribution is -2.25. The Hall–Kier alpha value is -1.17. The van der Waals surface area contributed by atoms with Gasteiger partial charge in [-0.15, -0.1) is 5.10 Å². The van der Waals surface area contributed by atoms with E-state index >= 15 is 0 Å². The number of hydrogen-bond donors (Lipinski definition) is 1. The highest BCUT2D eigenvalue weighted by molar-refractivity contribution is 7.10. The SMILES string of the molecule is CCCNc1snnc1CN1CC(C(C)C)CC1=O. The summed E-state index contributed by atoms with van der Waals surface area (Å²) >= 11 is 1.37. The third kappa shape index (κ3) is 3.43. The third-order valence-corrected chi connectivity index (χ3v) is 4.34. The monoisotopic (exact) mass is 282 g/mol. The van der Waals surface area contributed by atoms with Crippen LogP contribution in [0.4, 0.5) is 5.00 Å². The van der Waals surface area contributed by atoms with Gasteiger partial charge in [-0.05, 0) is 18.3 Å². The van der Waals surface area contributed by atoms with Gasteiger partial charge in [0.2, 0.25) is 5.91 Å². The second kappa shape index (κ2) is 6.32. The lowest BCUT2D eigenvalue weighted by Gasteiger charge is -2.17. The first kappa shape index (κ1) is 14.2. The lowest BCUT2D eigenvalue weighted by molar-refractivity contribution is -0.128. The first-order valence-electron chi connectivity index (χ1n) is 6.94. The summed E-state index contributed by atoms with van der Waals surface area (Å²) in [6.07, 6.45) is 1.74. The van der Waals surface area contributed by atoms with Crippen LogP contribution in [-0.2, 0) is 11.3 Å². The van der Waals surface area contributed by atoms with Crippen LogP contribution in [-0.4, -0.2) is 33.5 Å². The zero-order chi connectivity index (χ0) is 13.8. The number of nitrogens with one attached hydrogen (secondary N) is 1. The Morgan fingerprint density at radius 2 is 2.32 bits per heavy atom. The molecule has 0 bridgehead atoms. The zero-order valence-corrected chi connectivity index (χ0v) is 12.7. The maximum Gasteiger partial charge on any atom is 0.223 e. The van der Waals surface area contributed by atoms with E-state index in [9.17, 15) is 4.79 Å². The van der Waals surface area contributed by atoms with Crippen molar-refractivity contribution >= 4 is 22.4 Å². The summed E-state index contributed by atoms with van der Waals surface area (Å²) < 4.78 is 3.99. The number of aromatic nitrogens is 2. The van der Waals surface area contributed by atoms with Crippen molar-refractivity contribution in [1.29, 1.82) is 0 Å². The first-order valence-corrected chi connectivity index (χ1v) is 7.72. The number of rotatable bonds is 6. The molecule has 0 spiro atoms. The maximum absolute atomic E-state index is 12.0. The van der Waals surface area contributed by atoms with Crippen LogP contribution < -0.4 is 5.32 Å². The van der Waals surface area contributed by atoms with Crippen LogP contribution in [0.25, 0.3) is 0 Å². The lowest BCUT2D eigenvalue weighted by atomic mass is 9.95. The molecule has 1 unspecified atom stereocenters. The molecule has 19 heavy (non-hydrogen) atoms. The van der Waals surface area contributed by atoms with Gasteiger partial charge in [-0.1, -0.05) is 25.3 Å². The Balaban J connectivity index is 1.98. The summed E-state index contributed by atoms with van der Waals surface area (Å²) in [7, 11) is 0. The summed E-state index contributed by atoms with van der Waals surface area (Å²) in [5.74, 6) is 1.28. The molecule has 2 heterocycles. The van der Waals surface area contributed by atoms with Crippen molar-refractivity contribution in [1.82, 2.24) is 14.5 Å². The third-order valence-electron chi connectivity index (χ3n) is 3.62. The van der Waals surface area contributed by atoms with E-state index < -0.39 is 0 Å². The highest BCUT2D eigenvalue weighted by Gasteiger charge is 2.32. The average Bonchev–Trinajstić information content (AvgIpc) is 2.95. The van der Waals surface area contributed by atoms with Crippen molar-refractivity contribution in [3.63, 3.8) is 0 Å². The topological polar surface area (TPSA) is 58.1 Å². The van der Waals surface area contributed by atoms with E-state index in [-0.39, 0.29) is 5.91 Å². The molecule has 1 aromatic rings. The summed E-state index contributed by atoms with van der Waals surface area (Å²) in [5, 5.41) is 8.47. The van der Waals surface area contributed by atoms with Crippen molar-refractivity contribution in [2.45, 2.75) is 40.2 Å². The van der Waals surface area contributed by atoms with Crippen LogP contribution >= 0.6 is 11.5 Å². The molecule has 5 nitrogen and oxygen atoms in total. The fourth-order valence-electron chi connectivity index (χ4n) is 2.27. The quantitative estimate of drug-likeness (QED) is 0.870. The Bertz CT molecular complexity index is 432. The number of hydrogen-bond acceptors (Lipinski definition) is 5. The molecule has 1 saturated heterocycles. The molecule has 1 aliphatic rings. The summed E-state index contributed by atoms with van der Waals surface area (Å²) in [6, 6.07) is 0. The molecule has 1 aliphatic heterocycles. The van der Waals surface area contributed by atoms with E-state index in [1.54, 1.807) is 0 Å². The van der Waals surface area contributed by atoms with Gasteiger partial charge in [-0.2, -0.15) is 0 Å². The molecule has 1 aromatic heterocycles. The Kier molecular flexibility index (Phi) is 4.74. The van der Waals surface area contributed by atoms with Gasteiger partial charge < -0.3 is 10.2 Å². The molecule has 6 heteroatoms. The van der Waals surface area contributed by atoms with E-state index in [0.717, 1.165) is 30.2 Å². The van der Waals surface area contributed by atoms with E-state index in [0.29, 0.717) is 24.8 Å². The number of carbonyl (C=O) groups is 1. The molecule has 1 amide bonds. The fraction of sp³-hybridized carbons (Fsp3) is 0.769. The van der Waals surface area contributed by atoms with Crippen LogP contribution in [0.3, 0.4) is 0 Å². The second-order valence-electron chi connectivity index (χ2n) is 5.46. The van der Waals surface area contributed by atoms with Crippen LogP contribution in [0.2, 0.25) is 0 Å². The molecule has 0 radical (unpaired) electrons. The fourth-order valence-corrected chi connectivity index (χ4v) is 2.87. The van der Waals surface area contributed by atoms with Crippen molar-refractivity contribution < 1.29 is 4.79 Å². The Morgan fingerprint density at radius 1 is 1.53 bits per heavy atom. The standard InChI is InChI=1S/C13H22N4OS/c1-4-5-14-13-11(15-16-19-13)8-17-7-10(9(2)3)6-12(17)18/h9-10,14H,4-8H2,1-3H3. The van der Waals surface area contributed by atoms with Gasteiger partial charge in [-0.3, -0.25) is 4.79 Å². The highest BCUT2D eigenvalue weighted by Crippen LogP contribution is 2.27. The molecule has 1 atom stereocenters. The summed E-state index contributed by atoms with van der Waals surface area (Å²) in [5.41, 5.74) is 0.899. The van der Waals surface area contributed by atoms with Crippen molar-refractivity contribution in [2.75, 3.05) is 18.4 Å². The molecule has 1 N–H and O–H groups in total. The number of amides is 1. The van der Waals surface area contributed by atoms with Crippen LogP contribution in [0.15, 0.2) is 0 Å². The summed E-state index contributed by atoms with van der Waals surface area (Å²) in [4.78, 5) is 13.9. The van der Waals surface area contributed by atoms with E-state index in [1.165, 1.54) is 11.5 Å². The first-order chi connectivity index (χ1) is 9.11. The molecular formula is C13H22N4OS. The predicted molar refractivity (Wildman–Crippen MR) is 77.1 cm³/mol. The normalized spacial score (nSPS) is 19.5. The largest absolute Gasteiger partial charge is 0.374 e. The van der Waals surface area contributed by atoms with E-state index in [2.05, 4.69) is 35.7 Å². The molecule has 1 fully saturated rings. The molecule has 0 aromatic carbocycles. The molecule has 106 valence electrons. The van der Waals surface area contributed by atoms with Gasteiger partial charge in [0.1, 0.15) is 10.7 Å². The van der Waals surface area contributed by atoms with Gasteiger partial charge in [0, 0.05) is 31.0 Å². The molecule has 2 rings (SSSR count). The number of anilines is 1. The number of likely N-dealkylation sites (tertiary alicyclic amines) is 1. The average molecular weight is 282 g/mol. The minimum absolute atomic E-state index is 0.244. The second-order valence-corrected chi connectivity index (χ2v) is 6.21. The zero-order valence-electron chi connectivity index (χ0n) is 11.8.